The molecule has 0 radical (unpaired) electrons. The lowest BCUT2D eigenvalue weighted by atomic mass is 9.99. The van der Waals surface area contributed by atoms with Gasteiger partial charge in [-0.1, -0.05) is 24.3 Å². The Kier molecular flexibility index (Phi) is 3.59. The molecule has 4 heteroatoms. The van der Waals surface area contributed by atoms with Crippen molar-refractivity contribution in [2.75, 3.05) is 0 Å². The zero-order valence-corrected chi connectivity index (χ0v) is 12.2. The van der Waals surface area contributed by atoms with Crippen LogP contribution in [0.1, 0.15) is 17.2 Å². The van der Waals surface area contributed by atoms with E-state index in [0.29, 0.717) is 10.9 Å². The van der Waals surface area contributed by atoms with Gasteiger partial charge in [0.25, 0.3) is 0 Å². The summed E-state index contributed by atoms with van der Waals surface area (Å²) in [6.07, 6.45) is 2.33. The Hall–Kier alpha value is -1.65. The summed E-state index contributed by atoms with van der Waals surface area (Å²) >= 11 is 3.19. The SMILES string of the molecule is NC(Cc1ccc(F)c(Br)c1)c1coc2ccccc12. The molecule has 0 aliphatic heterocycles. The highest BCUT2D eigenvalue weighted by atomic mass is 79.9. The normalized spacial score (nSPS) is 12.8. The number of rotatable bonds is 3. The van der Waals surface area contributed by atoms with Gasteiger partial charge in [0.05, 0.1) is 10.7 Å². The third-order valence-corrected chi connectivity index (χ3v) is 3.96. The van der Waals surface area contributed by atoms with Crippen molar-refractivity contribution in [2.24, 2.45) is 5.73 Å². The van der Waals surface area contributed by atoms with Gasteiger partial charge in [-0.2, -0.15) is 0 Å². The zero-order valence-electron chi connectivity index (χ0n) is 10.6. The predicted molar refractivity (Wildman–Crippen MR) is 80.9 cm³/mol. The average Bonchev–Trinajstić information content (AvgIpc) is 2.87. The molecule has 0 fully saturated rings. The van der Waals surface area contributed by atoms with Crippen LogP contribution in [-0.2, 0) is 6.42 Å². The molecule has 0 spiro atoms. The molecule has 1 atom stereocenters. The van der Waals surface area contributed by atoms with Crippen LogP contribution >= 0.6 is 15.9 Å². The van der Waals surface area contributed by atoms with Gasteiger partial charge in [0.2, 0.25) is 0 Å². The van der Waals surface area contributed by atoms with Crippen LogP contribution in [0.4, 0.5) is 4.39 Å². The second kappa shape index (κ2) is 5.38. The molecule has 1 aromatic heterocycles. The summed E-state index contributed by atoms with van der Waals surface area (Å²) in [7, 11) is 0. The smallest absolute Gasteiger partial charge is 0.137 e. The van der Waals surface area contributed by atoms with E-state index in [1.165, 1.54) is 6.07 Å². The maximum atomic E-state index is 13.2. The first-order valence-corrected chi connectivity index (χ1v) is 7.10. The van der Waals surface area contributed by atoms with Crippen LogP contribution in [0.3, 0.4) is 0 Å². The fourth-order valence-corrected chi connectivity index (χ4v) is 2.74. The van der Waals surface area contributed by atoms with Gasteiger partial charge in [-0.3, -0.25) is 0 Å². The molecular weight excluding hydrogens is 321 g/mol. The van der Waals surface area contributed by atoms with Crippen LogP contribution in [0.5, 0.6) is 0 Å². The highest BCUT2D eigenvalue weighted by molar-refractivity contribution is 9.10. The first-order valence-electron chi connectivity index (χ1n) is 6.31. The van der Waals surface area contributed by atoms with Gasteiger partial charge in [0.15, 0.2) is 0 Å². The average molecular weight is 334 g/mol. The van der Waals surface area contributed by atoms with E-state index in [2.05, 4.69) is 15.9 Å². The molecule has 2 nitrogen and oxygen atoms in total. The zero-order chi connectivity index (χ0) is 14.1. The summed E-state index contributed by atoms with van der Waals surface area (Å²) in [5, 5.41) is 1.03. The Morgan fingerprint density at radius 3 is 2.80 bits per heavy atom. The summed E-state index contributed by atoms with van der Waals surface area (Å²) in [5.74, 6) is -0.268. The van der Waals surface area contributed by atoms with E-state index in [-0.39, 0.29) is 11.9 Å². The second-order valence-electron chi connectivity index (χ2n) is 4.75. The Morgan fingerprint density at radius 2 is 2.00 bits per heavy atom. The number of fused-ring (bicyclic) bond motifs is 1. The number of hydrogen-bond donors (Lipinski definition) is 1. The summed E-state index contributed by atoms with van der Waals surface area (Å²) in [4.78, 5) is 0. The van der Waals surface area contributed by atoms with Gasteiger partial charge in [-0.25, -0.2) is 4.39 Å². The van der Waals surface area contributed by atoms with Crippen LogP contribution in [0.15, 0.2) is 57.6 Å². The molecule has 2 aromatic carbocycles. The van der Waals surface area contributed by atoms with Crippen molar-refractivity contribution in [1.82, 2.24) is 0 Å². The van der Waals surface area contributed by atoms with E-state index in [0.717, 1.165) is 22.1 Å². The number of nitrogens with two attached hydrogens (primary N) is 1. The molecule has 102 valence electrons. The van der Waals surface area contributed by atoms with Gasteiger partial charge in [-0.15, -0.1) is 0 Å². The van der Waals surface area contributed by atoms with Crippen molar-refractivity contribution >= 4 is 26.9 Å². The van der Waals surface area contributed by atoms with E-state index < -0.39 is 0 Å². The van der Waals surface area contributed by atoms with Crippen molar-refractivity contribution in [3.63, 3.8) is 0 Å². The molecule has 0 amide bonds. The molecule has 0 aliphatic carbocycles. The standard InChI is InChI=1S/C16H13BrFNO/c17-13-7-10(5-6-14(13)18)8-15(19)12-9-20-16-4-2-1-3-11(12)16/h1-7,9,15H,8,19H2. The highest BCUT2D eigenvalue weighted by Crippen LogP contribution is 2.28. The Morgan fingerprint density at radius 1 is 1.20 bits per heavy atom. The fourth-order valence-electron chi connectivity index (χ4n) is 2.32. The number of hydrogen-bond acceptors (Lipinski definition) is 2. The van der Waals surface area contributed by atoms with Crippen molar-refractivity contribution in [1.29, 1.82) is 0 Å². The fraction of sp³-hybridized carbons (Fsp3) is 0.125. The molecular formula is C16H13BrFNO. The van der Waals surface area contributed by atoms with Crippen molar-refractivity contribution in [3.8, 4) is 0 Å². The maximum absolute atomic E-state index is 13.2. The van der Waals surface area contributed by atoms with Gasteiger partial charge < -0.3 is 10.2 Å². The number of furan rings is 1. The van der Waals surface area contributed by atoms with E-state index >= 15 is 0 Å². The van der Waals surface area contributed by atoms with Crippen LogP contribution in [0.2, 0.25) is 0 Å². The molecule has 1 unspecified atom stereocenters. The lowest BCUT2D eigenvalue weighted by molar-refractivity contribution is 0.598. The topological polar surface area (TPSA) is 39.2 Å². The van der Waals surface area contributed by atoms with Gasteiger partial charge in [-0.05, 0) is 46.1 Å². The summed E-state index contributed by atoms with van der Waals surface area (Å²) in [5.41, 5.74) is 9.04. The number of halogens is 2. The lowest BCUT2D eigenvalue weighted by Gasteiger charge is -2.11. The van der Waals surface area contributed by atoms with Crippen molar-refractivity contribution < 1.29 is 8.81 Å². The van der Waals surface area contributed by atoms with E-state index in [1.807, 2.05) is 24.3 Å². The summed E-state index contributed by atoms with van der Waals surface area (Å²) in [6, 6.07) is 12.6. The predicted octanol–water partition coefficient (Wildman–Crippen LogP) is 4.58. The minimum Gasteiger partial charge on any atom is -0.464 e. The monoisotopic (exact) mass is 333 g/mol. The minimum absolute atomic E-state index is 0.184. The third kappa shape index (κ3) is 2.49. The molecule has 20 heavy (non-hydrogen) atoms. The van der Waals surface area contributed by atoms with E-state index in [9.17, 15) is 4.39 Å². The molecule has 0 aliphatic rings. The van der Waals surface area contributed by atoms with Gasteiger partial charge in [0.1, 0.15) is 11.4 Å². The number of benzene rings is 2. The molecule has 3 rings (SSSR count). The third-order valence-electron chi connectivity index (χ3n) is 3.35. The first kappa shape index (κ1) is 13.3. The summed E-state index contributed by atoms with van der Waals surface area (Å²) < 4.78 is 19.2. The molecule has 0 saturated heterocycles. The van der Waals surface area contributed by atoms with Crippen LogP contribution in [0.25, 0.3) is 11.0 Å². The van der Waals surface area contributed by atoms with Crippen LogP contribution < -0.4 is 5.73 Å². The van der Waals surface area contributed by atoms with Crippen molar-refractivity contribution in [2.45, 2.75) is 12.5 Å². The van der Waals surface area contributed by atoms with E-state index in [4.69, 9.17) is 10.2 Å². The second-order valence-corrected chi connectivity index (χ2v) is 5.60. The highest BCUT2D eigenvalue weighted by Gasteiger charge is 2.14. The molecule has 0 bridgehead atoms. The van der Waals surface area contributed by atoms with Crippen LogP contribution in [0, 0.1) is 5.82 Å². The lowest BCUT2D eigenvalue weighted by Crippen LogP contribution is -2.12. The molecule has 1 heterocycles. The Balaban J connectivity index is 1.89. The first-order chi connectivity index (χ1) is 9.65. The largest absolute Gasteiger partial charge is 0.464 e. The van der Waals surface area contributed by atoms with Gasteiger partial charge >= 0.3 is 0 Å². The van der Waals surface area contributed by atoms with Crippen LogP contribution in [-0.4, -0.2) is 0 Å². The summed E-state index contributed by atoms with van der Waals surface area (Å²) in [6.45, 7) is 0. The maximum Gasteiger partial charge on any atom is 0.137 e. The molecule has 0 saturated carbocycles. The Labute approximate surface area is 124 Å². The molecule has 3 aromatic rings. The van der Waals surface area contributed by atoms with Gasteiger partial charge in [0, 0.05) is 17.0 Å². The minimum atomic E-state index is -0.268. The Bertz CT molecular complexity index is 753. The number of para-hydroxylation sites is 1. The quantitative estimate of drug-likeness (QED) is 0.762. The molecule has 2 N–H and O–H groups in total. The van der Waals surface area contributed by atoms with E-state index in [1.54, 1.807) is 18.4 Å². The van der Waals surface area contributed by atoms with Crippen molar-refractivity contribution in [3.05, 3.63) is 70.1 Å².